The number of nitrogens with zero attached hydrogens (tertiary/aromatic N) is 3. The SMILES string of the molecule is CCCC(=O)N1CN(C(C)=O)CN(C(C)=O)C1. The lowest BCUT2D eigenvalue weighted by atomic mass is 10.3. The van der Waals surface area contributed by atoms with Gasteiger partial charge < -0.3 is 14.7 Å². The Morgan fingerprint density at radius 2 is 1.29 bits per heavy atom. The molecule has 1 saturated heterocycles. The van der Waals surface area contributed by atoms with Crippen LogP contribution in [0.4, 0.5) is 0 Å². The molecule has 0 aliphatic carbocycles. The van der Waals surface area contributed by atoms with E-state index in [2.05, 4.69) is 0 Å². The van der Waals surface area contributed by atoms with E-state index in [1.54, 1.807) is 0 Å². The summed E-state index contributed by atoms with van der Waals surface area (Å²) in [5.41, 5.74) is 0. The van der Waals surface area contributed by atoms with Crippen molar-refractivity contribution >= 4 is 17.7 Å². The minimum absolute atomic E-state index is 0.0234. The zero-order chi connectivity index (χ0) is 13.0. The predicted molar refractivity (Wildman–Crippen MR) is 61.4 cm³/mol. The standard InChI is InChI=1S/C11H19N3O3/c1-4-5-11(17)14-7-12(9(2)15)6-13(8-14)10(3)16/h4-8H2,1-3H3. The van der Waals surface area contributed by atoms with Crippen molar-refractivity contribution in [3.05, 3.63) is 0 Å². The molecule has 1 aliphatic rings. The molecule has 96 valence electrons. The van der Waals surface area contributed by atoms with Crippen LogP contribution in [0.5, 0.6) is 0 Å². The highest BCUT2D eigenvalue weighted by molar-refractivity contribution is 5.80. The van der Waals surface area contributed by atoms with Crippen LogP contribution in [-0.4, -0.2) is 52.4 Å². The van der Waals surface area contributed by atoms with Crippen molar-refractivity contribution in [3.8, 4) is 0 Å². The van der Waals surface area contributed by atoms with E-state index in [1.807, 2.05) is 6.92 Å². The Kier molecular flexibility index (Phi) is 4.48. The predicted octanol–water partition coefficient (Wildman–Crippen LogP) is 0.198. The highest BCUT2D eigenvalue weighted by atomic mass is 16.2. The van der Waals surface area contributed by atoms with Crippen LogP contribution in [0.15, 0.2) is 0 Å². The molecule has 0 atom stereocenters. The largest absolute Gasteiger partial charge is 0.307 e. The number of carbonyl (C=O) groups is 3. The van der Waals surface area contributed by atoms with Crippen LogP contribution in [0.25, 0.3) is 0 Å². The fourth-order valence-electron chi connectivity index (χ4n) is 1.68. The molecule has 0 radical (unpaired) electrons. The van der Waals surface area contributed by atoms with Crippen molar-refractivity contribution in [2.75, 3.05) is 20.0 Å². The van der Waals surface area contributed by atoms with Gasteiger partial charge in [-0.15, -0.1) is 0 Å². The van der Waals surface area contributed by atoms with Crippen LogP contribution in [0, 0.1) is 0 Å². The van der Waals surface area contributed by atoms with Gasteiger partial charge in [0.05, 0.1) is 20.0 Å². The number of amides is 3. The number of rotatable bonds is 2. The summed E-state index contributed by atoms with van der Waals surface area (Å²) in [6, 6.07) is 0. The van der Waals surface area contributed by atoms with Gasteiger partial charge in [-0.25, -0.2) is 0 Å². The Morgan fingerprint density at radius 1 is 0.882 bits per heavy atom. The van der Waals surface area contributed by atoms with Gasteiger partial charge in [0.15, 0.2) is 0 Å². The van der Waals surface area contributed by atoms with Gasteiger partial charge in [0.2, 0.25) is 17.7 Å². The fourth-order valence-corrected chi connectivity index (χ4v) is 1.68. The van der Waals surface area contributed by atoms with Crippen LogP contribution in [0.1, 0.15) is 33.6 Å². The molecule has 0 bridgehead atoms. The molecule has 17 heavy (non-hydrogen) atoms. The number of hydrogen-bond acceptors (Lipinski definition) is 3. The molecular formula is C11H19N3O3. The van der Waals surface area contributed by atoms with Gasteiger partial charge in [0.25, 0.3) is 0 Å². The first-order chi connectivity index (χ1) is 7.95. The number of hydrogen-bond donors (Lipinski definition) is 0. The molecule has 0 aromatic heterocycles. The summed E-state index contributed by atoms with van der Waals surface area (Å²) < 4.78 is 0. The second kappa shape index (κ2) is 5.65. The van der Waals surface area contributed by atoms with Gasteiger partial charge in [-0.1, -0.05) is 6.92 Å². The lowest BCUT2D eigenvalue weighted by Gasteiger charge is -2.41. The van der Waals surface area contributed by atoms with Crippen molar-refractivity contribution in [2.45, 2.75) is 33.6 Å². The van der Waals surface area contributed by atoms with E-state index >= 15 is 0 Å². The summed E-state index contributed by atoms with van der Waals surface area (Å²) in [5, 5.41) is 0. The van der Waals surface area contributed by atoms with Gasteiger partial charge in [-0.2, -0.15) is 0 Å². The van der Waals surface area contributed by atoms with Crippen LogP contribution in [0.3, 0.4) is 0 Å². The van der Waals surface area contributed by atoms with Crippen LogP contribution < -0.4 is 0 Å². The summed E-state index contributed by atoms with van der Waals surface area (Å²) in [7, 11) is 0. The molecule has 0 aromatic carbocycles. The first kappa shape index (κ1) is 13.5. The van der Waals surface area contributed by atoms with Gasteiger partial charge in [-0.3, -0.25) is 14.4 Å². The van der Waals surface area contributed by atoms with E-state index < -0.39 is 0 Å². The number of carbonyl (C=O) groups excluding carboxylic acids is 3. The normalized spacial score (nSPS) is 16.1. The van der Waals surface area contributed by atoms with Crippen molar-refractivity contribution in [1.29, 1.82) is 0 Å². The van der Waals surface area contributed by atoms with E-state index in [9.17, 15) is 14.4 Å². The van der Waals surface area contributed by atoms with Crippen molar-refractivity contribution in [1.82, 2.24) is 14.7 Å². The molecule has 1 fully saturated rings. The van der Waals surface area contributed by atoms with Gasteiger partial charge in [-0.05, 0) is 6.42 Å². The minimum Gasteiger partial charge on any atom is -0.307 e. The molecule has 6 heteroatoms. The maximum absolute atomic E-state index is 11.8. The molecule has 0 saturated carbocycles. The fraction of sp³-hybridized carbons (Fsp3) is 0.727. The smallest absolute Gasteiger partial charge is 0.225 e. The monoisotopic (exact) mass is 241 g/mol. The molecular weight excluding hydrogens is 222 g/mol. The van der Waals surface area contributed by atoms with Crippen molar-refractivity contribution in [2.24, 2.45) is 0 Å². The lowest BCUT2D eigenvalue weighted by molar-refractivity contribution is -0.156. The molecule has 1 heterocycles. The molecule has 0 aromatic rings. The molecule has 0 N–H and O–H groups in total. The van der Waals surface area contributed by atoms with Gasteiger partial charge >= 0.3 is 0 Å². The van der Waals surface area contributed by atoms with Crippen LogP contribution in [0.2, 0.25) is 0 Å². The van der Waals surface area contributed by atoms with E-state index in [1.165, 1.54) is 28.5 Å². The Balaban J connectivity index is 2.74. The first-order valence-corrected chi connectivity index (χ1v) is 5.74. The summed E-state index contributed by atoms with van der Waals surface area (Å²) in [4.78, 5) is 39.0. The Bertz CT molecular complexity index is 308. The molecule has 0 unspecified atom stereocenters. The average Bonchev–Trinajstić information content (AvgIpc) is 2.28. The highest BCUT2D eigenvalue weighted by Crippen LogP contribution is 2.10. The molecule has 1 aliphatic heterocycles. The van der Waals surface area contributed by atoms with E-state index in [0.29, 0.717) is 6.42 Å². The molecule has 3 amide bonds. The molecule has 6 nitrogen and oxygen atoms in total. The second-order valence-corrected chi connectivity index (χ2v) is 4.23. The first-order valence-electron chi connectivity index (χ1n) is 5.74. The maximum atomic E-state index is 11.8. The average molecular weight is 241 g/mol. The Hall–Kier alpha value is -1.59. The zero-order valence-electron chi connectivity index (χ0n) is 10.6. The summed E-state index contributed by atoms with van der Waals surface area (Å²) in [6.07, 6.45) is 1.20. The van der Waals surface area contributed by atoms with Crippen molar-refractivity contribution < 1.29 is 14.4 Å². The molecule has 0 spiro atoms. The third-order valence-electron chi connectivity index (χ3n) is 2.73. The van der Waals surface area contributed by atoms with E-state index in [4.69, 9.17) is 0 Å². The topological polar surface area (TPSA) is 60.9 Å². The maximum Gasteiger partial charge on any atom is 0.225 e. The molecule has 1 rings (SSSR count). The highest BCUT2D eigenvalue weighted by Gasteiger charge is 2.28. The van der Waals surface area contributed by atoms with Crippen LogP contribution >= 0.6 is 0 Å². The van der Waals surface area contributed by atoms with Crippen LogP contribution in [-0.2, 0) is 14.4 Å². The quantitative estimate of drug-likeness (QED) is 0.693. The van der Waals surface area contributed by atoms with E-state index in [0.717, 1.165) is 6.42 Å². The second-order valence-electron chi connectivity index (χ2n) is 4.23. The summed E-state index contributed by atoms with van der Waals surface area (Å²) in [5.74, 6) is -0.291. The summed E-state index contributed by atoms with van der Waals surface area (Å²) >= 11 is 0. The minimum atomic E-state index is -0.134. The van der Waals surface area contributed by atoms with Gasteiger partial charge in [0, 0.05) is 20.3 Å². The lowest BCUT2D eigenvalue weighted by Crippen LogP contribution is -2.58. The zero-order valence-corrected chi connectivity index (χ0v) is 10.6. The van der Waals surface area contributed by atoms with Gasteiger partial charge in [0.1, 0.15) is 0 Å². The Labute approximate surface area is 101 Å². The van der Waals surface area contributed by atoms with E-state index in [-0.39, 0.29) is 37.7 Å². The Morgan fingerprint density at radius 3 is 1.65 bits per heavy atom. The van der Waals surface area contributed by atoms with Crippen molar-refractivity contribution in [3.63, 3.8) is 0 Å². The summed E-state index contributed by atoms with van der Waals surface area (Å²) in [6.45, 7) is 5.61. The third-order valence-corrected chi connectivity index (χ3v) is 2.73. The third kappa shape index (κ3) is 3.44.